The summed E-state index contributed by atoms with van der Waals surface area (Å²) in [5, 5.41) is 0. The minimum absolute atomic E-state index is 0.237. The van der Waals surface area contributed by atoms with Crippen LogP contribution in [0, 0.1) is 5.82 Å². The zero-order valence-corrected chi connectivity index (χ0v) is 15.9. The molecule has 8 heteroatoms. The van der Waals surface area contributed by atoms with Crippen LogP contribution >= 0.6 is 0 Å². The van der Waals surface area contributed by atoms with Crippen LogP contribution in [0.5, 0.6) is 0 Å². The number of piperazine rings is 1. The maximum absolute atomic E-state index is 13.0. The Labute approximate surface area is 159 Å². The first-order chi connectivity index (χ1) is 13.0. The van der Waals surface area contributed by atoms with Crippen molar-refractivity contribution in [3.8, 4) is 0 Å². The molecular weight excluding hydrogens is 353 g/mol. The predicted molar refractivity (Wildman–Crippen MR) is 98.2 cm³/mol. The third-order valence-corrected chi connectivity index (χ3v) is 4.58. The van der Waals surface area contributed by atoms with Crippen molar-refractivity contribution in [1.82, 2.24) is 15.3 Å². The van der Waals surface area contributed by atoms with Crippen molar-refractivity contribution < 1.29 is 23.6 Å². The average Bonchev–Trinajstić information content (AvgIpc) is 2.68. The van der Waals surface area contributed by atoms with E-state index >= 15 is 0 Å². The Balaban J connectivity index is 1.68. The second-order valence-electron chi connectivity index (χ2n) is 6.63. The Kier molecular flexibility index (Phi) is 8.47. The van der Waals surface area contributed by atoms with Crippen molar-refractivity contribution in [1.29, 1.82) is 0 Å². The van der Waals surface area contributed by atoms with Crippen molar-refractivity contribution in [3.05, 3.63) is 35.6 Å². The van der Waals surface area contributed by atoms with Gasteiger partial charge in [0.2, 0.25) is 0 Å². The highest BCUT2D eigenvalue weighted by Gasteiger charge is 2.27. The molecule has 7 nitrogen and oxygen atoms in total. The van der Waals surface area contributed by atoms with Gasteiger partial charge in [0.25, 0.3) is 0 Å². The van der Waals surface area contributed by atoms with Crippen molar-refractivity contribution in [2.24, 2.45) is 0 Å². The van der Waals surface area contributed by atoms with Gasteiger partial charge < -0.3 is 9.57 Å². The lowest BCUT2D eigenvalue weighted by atomic mass is 10.2. The SMILES string of the molecule is CCCCOC(=O)NOC(=O)C(C)N1CCN(Cc2ccc(F)cc2)CC1. The zero-order chi connectivity index (χ0) is 19.6. The highest BCUT2D eigenvalue weighted by Crippen LogP contribution is 2.12. The molecule has 1 N–H and O–H groups in total. The van der Waals surface area contributed by atoms with Gasteiger partial charge in [0.15, 0.2) is 0 Å². The number of carbonyl (C=O) groups is 2. The summed E-state index contributed by atoms with van der Waals surface area (Å²) in [7, 11) is 0. The topological polar surface area (TPSA) is 71.1 Å². The molecule has 0 saturated carbocycles. The fraction of sp³-hybridized carbons (Fsp3) is 0.579. The predicted octanol–water partition coefficient (Wildman–Crippen LogP) is 2.32. The van der Waals surface area contributed by atoms with Crippen LogP contribution in [0.2, 0.25) is 0 Å². The number of unbranched alkanes of at least 4 members (excludes halogenated alkanes) is 1. The summed E-state index contributed by atoms with van der Waals surface area (Å²) >= 11 is 0. The summed E-state index contributed by atoms with van der Waals surface area (Å²) in [6.45, 7) is 7.79. The van der Waals surface area contributed by atoms with Crippen LogP contribution in [0.4, 0.5) is 9.18 Å². The number of ether oxygens (including phenoxy) is 1. The van der Waals surface area contributed by atoms with E-state index in [1.165, 1.54) is 12.1 Å². The quantitative estimate of drug-likeness (QED) is 0.577. The number of benzene rings is 1. The normalized spacial score (nSPS) is 16.6. The Bertz CT molecular complexity index is 603. The van der Waals surface area contributed by atoms with Crippen LogP contribution in [0.15, 0.2) is 24.3 Å². The minimum Gasteiger partial charge on any atom is -0.447 e. The van der Waals surface area contributed by atoms with Gasteiger partial charge in [-0.3, -0.25) is 9.80 Å². The lowest BCUT2D eigenvalue weighted by Gasteiger charge is -2.36. The second-order valence-corrected chi connectivity index (χ2v) is 6.63. The van der Waals surface area contributed by atoms with Crippen LogP contribution in [-0.4, -0.2) is 60.7 Å². The van der Waals surface area contributed by atoms with E-state index in [1.807, 2.05) is 17.3 Å². The van der Waals surface area contributed by atoms with Crippen molar-refractivity contribution in [2.75, 3.05) is 32.8 Å². The standard InChI is InChI=1S/C19H28FN3O4/c1-3-4-13-26-19(25)21-27-18(24)15(2)23-11-9-22(10-12-23)14-16-5-7-17(20)8-6-16/h5-8,15H,3-4,9-14H2,1-2H3,(H,21,25). The molecule has 0 bridgehead atoms. The van der Waals surface area contributed by atoms with Gasteiger partial charge >= 0.3 is 12.1 Å². The molecule has 1 aliphatic heterocycles. The van der Waals surface area contributed by atoms with E-state index in [-0.39, 0.29) is 5.82 Å². The summed E-state index contributed by atoms with van der Waals surface area (Å²) in [5.74, 6) is -0.756. The van der Waals surface area contributed by atoms with Crippen LogP contribution < -0.4 is 5.48 Å². The highest BCUT2D eigenvalue weighted by atomic mass is 19.1. The largest absolute Gasteiger partial charge is 0.447 e. The number of amides is 1. The molecule has 0 aromatic heterocycles. The second kappa shape index (κ2) is 10.8. The molecular formula is C19H28FN3O4. The molecule has 1 aliphatic rings. The first-order valence-corrected chi connectivity index (χ1v) is 9.34. The first-order valence-electron chi connectivity index (χ1n) is 9.34. The molecule has 0 spiro atoms. The number of nitrogens with zero attached hydrogens (tertiary/aromatic N) is 2. The number of hydrogen-bond donors (Lipinski definition) is 1. The fourth-order valence-electron chi connectivity index (χ4n) is 2.82. The summed E-state index contributed by atoms with van der Waals surface area (Å²) in [5.41, 5.74) is 3.09. The molecule has 0 radical (unpaired) electrons. The summed E-state index contributed by atoms with van der Waals surface area (Å²) < 4.78 is 17.8. The third kappa shape index (κ3) is 7.15. The van der Waals surface area contributed by atoms with Crippen LogP contribution in [-0.2, 0) is 20.9 Å². The van der Waals surface area contributed by atoms with Gasteiger partial charge in [-0.1, -0.05) is 25.5 Å². The number of carbonyl (C=O) groups excluding carboxylic acids is 2. The van der Waals surface area contributed by atoms with E-state index in [0.29, 0.717) is 19.7 Å². The molecule has 1 atom stereocenters. The van der Waals surface area contributed by atoms with Crippen molar-refractivity contribution in [2.45, 2.75) is 39.3 Å². The van der Waals surface area contributed by atoms with Gasteiger partial charge in [-0.15, -0.1) is 5.48 Å². The summed E-state index contributed by atoms with van der Waals surface area (Å²) in [4.78, 5) is 32.6. The highest BCUT2D eigenvalue weighted by molar-refractivity contribution is 5.77. The fourth-order valence-corrected chi connectivity index (χ4v) is 2.82. The van der Waals surface area contributed by atoms with Crippen LogP contribution in [0.3, 0.4) is 0 Å². The van der Waals surface area contributed by atoms with E-state index in [4.69, 9.17) is 9.57 Å². The molecule has 27 heavy (non-hydrogen) atoms. The molecule has 2 rings (SSSR count). The van der Waals surface area contributed by atoms with Gasteiger partial charge in [0.05, 0.1) is 6.61 Å². The van der Waals surface area contributed by atoms with Gasteiger partial charge in [0, 0.05) is 32.7 Å². The van der Waals surface area contributed by atoms with E-state index in [2.05, 4.69) is 4.90 Å². The van der Waals surface area contributed by atoms with E-state index in [1.54, 1.807) is 19.1 Å². The molecule has 1 aromatic rings. The van der Waals surface area contributed by atoms with E-state index < -0.39 is 18.1 Å². The maximum Gasteiger partial charge on any atom is 0.440 e. The van der Waals surface area contributed by atoms with Crippen molar-refractivity contribution in [3.63, 3.8) is 0 Å². The zero-order valence-electron chi connectivity index (χ0n) is 15.9. The van der Waals surface area contributed by atoms with Gasteiger partial charge in [-0.25, -0.2) is 14.0 Å². The summed E-state index contributed by atoms with van der Waals surface area (Å²) in [6.07, 6.45) is 0.921. The van der Waals surface area contributed by atoms with Gasteiger partial charge in [-0.05, 0) is 31.0 Å². The third-order valence-electron chi connectivity index (χ3n) is 4.58. The lowest BCUT2D eigenvalue weighted by Crippen LogP contribution is -2.52. The molecule has 150 valence electrons. The Morgan fingerprint density at radius 2 is 1.85 bits per heavy atom. The Morgan fingerprint density at radius 1 is 1.19 bits per heavy atom. The Morgan fingerprint density at radius 3 is 2.48 bits per heavy atom. The molecule has 1 fully saturated rings. The Hall–Kier alpha value is -2.19. The molecule has 1 saturated heterocycles. The molecule has 1 aromatic carbocycles. The number of hydrogen-bond acceptors (Lipinski definition) is 6. The maximum atomic E-state index is 13.0. The van der Waals surface area contributed by atoms with Crippen molar-refractivity contribution >= 4 is 12.1 Å². The van der Waals surface area contributed by atoms with Crippen LogP contribution in [0.1, 0.15) is 32.3 Å². The molecule has 0 aliphatic carbocycles. The van der Waals surface area contributed by atoms with Crippen LogP contribution in [0.25, 0.3) is 0 Å². The number of nitrogens with one attached hydrogen (secondary N) is 1. The number of halogens is 1. The van der Waals surface area contributed by atoms with E-state index in [9.17, 15) is 14.0 Å². The first kappa shape index (κ1) is 21.1. The monoisotopic (exact) mass is 381 g/mol. The average molecular weight is 381 g/mol. The minimum atomic E-state index is -0.756. The lowest BCUT2D eigenvalue weighted by molar-refractivity contribution is -0.156. The van der Waals surface area contributed by atoms with E-state index in [0.717, 1.165) is 38.0 Å². The molecule has 1 unspecified atom stereocenters. The van der Waals surface area contributed by atoms with Gasteiger partial charge in [-0.2, -0.15) is 0 Å². The smallest absolute Gasteiger partial charge is 0.440 e. The number of hydroxylamine groups is 1. The number of rotatable bonds is 7. The molecule has 1 amide bonds. The van der Waals surface area contributed by atoms with Gasteiger partial charge in [0.1, 0.15) is 11.9 Å². The summed E-state index contributed by atoms with van der Waals surface area (Å²) in [6, 6.07) is 6.03. The molecule has 1 heterocycles.